The molecule has 1 heterocycles. The smallest absolute Gasteiger partial charge is 0.309 e. The molecule has 3 rings (SSSR count). The molecule has 0 aliphatic rings. The lowest BCUT2D eigenvalue weighted by Crippen LogP contribution is -2.28. The number of hydrogen-bond donors (Lipinski definition) is 1. The Morgan fingerprint density at radius 2 is 1.62 bits per heavy atom. The highest BCUT2D eigenvalue weighted by Crippen LogP contribution is 2.35. The SMILES string of the molecule is Cc1ccc2c(c1)c(C(=O)CC(C)(C)C)c(CC(C)(C)C(=O)O)n2Cc1ccc(Cl)cc1. The summed E-state index contributed by atoms with van der Waals surface area (Å²) in [5.74, 6) is -0.828. The predicted octanol–water partition coefficient (Wildman–Crippen LogP) is 6.92. The van der Waals surface area contributed by atoms with Gasteiger partial charge in [0.2, 0.25) is 0 Å². The van der Waals surface area contributed by atoms with Gasteiger partial charge in [0.1, 0.15) is 0 Å². The maximum absolute atomic E-state index is 13.6. The van der Waals surface area contributed by atoms with Crippen LogP contribution in [0.25, 0.3) is 10.9 Å². The van der Waals surface area contributed by atoms with Gasteiger partial charge in [-0.05, 0) is 56.0 Å². The van der Waals surface area contributed by atoms with Gasteiger partial charge in [-0.3, -0.25) is 9.59 Å². The number of Topliss-reactive ketones (excluding diaryl/α,β-unsaturated/α-hetero) is 1. The molecule has 0 saturated carbocycles. The van der Waals surface area contributed by atoms with Crippen molar-refractivity contribution >= 4 is 34.3 Å². The Labute approximate surface area is 195 Å². The molecule has 0 atom stereocenters. The van der Waals surface area contributed by atoms with Crippen LogP contribution in [0.4, 0.5) is 0 Å². The lowest BCUT2D eigenvalue weighted by Gasteiger charge is -2.23. The van der Waals surface area contributed by atoms with E-state index in [4.69, 9.17) is 11.6 Å². The van der Waals surface area contributed by atoms with Gasteiger partial charge in [-0.2, -0.15) is 0 Å². The van der Waals surface area contributed by atoms with Gasteiger partial charge in [-0.1, -0.05) is 56.1 Å². The Morgan fingerprint density at radius 3 is 2.19 bits per heavy atom. The Balaban J connectivity index is 2.29. The number of carboxylic acid groups (broad SMARTS) is 1. The van der Waals surface area contributed by atoms with Crippen molar-refractivity contribution in [3.63, 3.8) is 0 Å². The van der Waals surface area contributed by atoms with Gasteiger partial charge in [0, 0.05) is 46.6 Å². The Bertz CT molecular complexity index is 1160. The molecule has 0 radical (unpaired) electrons. The number of aliphatic carboxylic acids is 1. The lowest BCUT2D eigenvalue weighted by molar-refractivity contribution is -0.146. The van der Waals surface area contributed by atoms with Crippen LogP contribution in [-0.4, -0.2) is 21.4 Å². The first-order chi connectivity index (χ1) is 14.8. The summed E-state index contributed by atoms with van der Waals surface area (Å²) in [5, 5.41) is 11.4. The van der Waals surface area contributed by atoms with E-state index in [1.165, 1.54) is 0 Å². The third kappa shape index (κ3) is 5.24. The Morgan fingerprint density at radius 1 is 1.00 bits per heavy atom. The number of carbonyl (C=O) groups is 2. The van der Waals surface area contributed by atoms with Crippen LogP contribution in [0.15, 0.2) is 42.5 Å². The van der Waals surface area contributed by atoms with E-state index in [-0.39, 0.29) is 17.6 Å². The van der Waals surface area contributed by atoms with E-state index in [1.807, 2.05) is 70.2 Å². The zero-order valence-corrected chi connectivity index (χ0v) is 20.5. The van der Waals surface area contributed by atoms with Crippen molar-refractivity contribution in [1.29, 1.82) is 0 Å². The molecule has 0 bridgehead atoms. The molecule has 170 valence electrons. The van der Waals surface area contributed by atoms with Crippen molar-refractivity contribution in [2.75, 3.05) is 0 Å². The van der Waals surface area contributed by atoms with Crippen LogP contribution in [0.2, 0.25) is 5.02 Å². The number of carbonyl (C=O) groups excluding carboxylic acids is 1. The van der Waals surface area contributed by atoms with Crippen molar-refractivity contribution in [2.45, 2.75) is 60.9 Å². The molecule has 3 aromatic rings. The zero-order chi connectivity index (χ0) is 23.8. The molecule has 4 nitrogen and oxygen atoms in total. The normalized spacial score (nSPS) is 12.3. The molecule has 0 fully saturated rings. The largest absolute Gasteiger partial charge is 0.481 e. The van der Waals surface area contributed by atoms with Crippen LogP contribution in [0.3, 0.4) is 0 Å². The minimum absolute atomic E-state index is 0.0548. The van der Waals surface area contributed by atoms with E-state index in [2.05, 4.69) is 4.57 Å². The average Bonchev–Trinajstić information content (AvgIpc) is 2.94. The van der Waals surface area contributed by atoms with Gasteiger partial charge in [-0.25, -0.2) is 0 Å². The minimum Gasteiger partial charge on any atom is -0.481 e. The zero-order valence-electron chi connectivity index (χ0n) is 19.8. The van der Waals surface area contributed by atoms with Crippen LogP contribution >= 0.6 is 11.6 Å². The third-order valence-electron chi connectivity index (χ3n) is 5.74. The quantitative estimate of drug-likeness (QED) is 0.395. The summed E-state index contributed by atoms with van der Waals surface area (Å²) in [7, 11) is 0. The predicted molar refractivity (Wildman–Crippen MR) is 131 cm³/mol. The topological polar surface area (TPSA) is 59.3 Å². The molecule has 0 aliphatic heterocycles. The average molecular weight is 454 g/mol. The maximum atomic E-state index is 13.6. The third-order valence-corrected chi connectivity index (χ3v) is 5.99. The summed E-state index contributed by atoms with van der Waals surface area (Å²) in [6, 6.07) is 13.7. The van der Waals surface area contributed by atoms with E-state index < -0.39 is 11.4 Å². The summed E-state index contributed by atoms with van der Waals surface area (Å²) in [5.41, 5.74) is 3.29. The summed E-state index contributed by atoms with van der Waals surface area (Å²) in [6.45, 7) is 12.1. The highest BCUT2D eigenvalue weighted by Gasteiger charge is 2.33. The maximum Gasteiger partial charge on any atom is 0.309 e. The summed E-state index contributed by atoms with van der Waals surface area (Å²) < 4.78 is 2.11. The number of hydrogen-bond acceptors (Lipinski definition) is 2. The molecule has 1 aromatic heterocycles. The number of carboxylic acids is 1. The Kier molecular flexibility index (Phi) is 6.57. The van der Waals surface area contributed by atoms with E-state index in [0.717, 1.165) is 27.7 Å². The minimum atomic E-state index is -1.02. The number of ketones is 1. The number of nitrogens with zero attached hydrogens (tertiary/aromatic N) is 1. The number of fused-ring (bicyclic) bond motifs is 1. The van der Waals surface area contributed by atoms with Gasteiger partial charge in [-0.15, -0.1) is 0 Å². The van der Waals surface area contributed by atoms with Gasteiger partial charge in [0.25, 0.3) is 0 Å². The number of aryl methyl sites for hydroxylation is 1. The molecule has 5 heteroatoms. The second kappa shape index (κ2) is 8.74. The fourth-order valence-corrected chi connectivity index (χ4v) is 4.16. The van der Waals surface area contributed by atoms with Crippen LogP contribution < -0.4 is 0 Å². The summed E-state index contributed by atoms with van der Waals surface area (Å²) >= 11 is 6.07. The first-order valence-corrected chi connectivity index (χ1v) is 11.3. The fourth-order valence-electron chi connectivity index (χ4n) is 4.03. The number of aromatic nitrogens is 1. The van der Waals surface area contributed by atoms with Crippen LogP contribution in [0.1, 0.15) is 68.2 Å². The number of benzene rings is 2. The molecule has 0 spiro atoms. The van der Waals surface area contributed by atoms with E-state index in [0.29, 0.717) is 23.6 Å². The first-order valence-electron chi connectivity index (χ1n) is 10.9. The molecule has 0 saturated heterocycles. The number of rotatable bonds is 7. The van der Waals surface area contributed by atoms with E-state index in [1.54, 1.807) is 13.8 Å². The van der Waals surface area contributed by atoms with Crippen molar-refractivity contribution in [3.05, 3.63) is 69.9 Å². The van der Waals surface area contributed by atoms with E-state index >= 15 is 0 Å². The van der Waals surface area contributed by atoms with E-state index in [9.17, 15) is 14.7 Å². The second-order valence-corrected chi connectivity index (χ2v) is 11.0. The van der Waals surface area contributed by atoms with Crippen LogP contribution in [0.5, 0.6) is 0 Å². The molecule has 0 amide bonds. The molecule has 1 N–H and O–H groups in total. The van der Waals surface area contributed by atoms with Gasteiger partial charge < -0.3 is 9.67 Å². The highest BCUT2D eigenvalue weighted by atomic mass is 35.5. The molecule has 0 aliphatic carbocycles. The molecule has 2 aromatic carbocycles. The monoisotopic (exact) mass is 453 g/mol. The van der Waals surface area contributed by atoms with Crippen molar-refractivity contribution in [2.24, 2.45) is 10.8 Å². The lowest BCUT2D eigenvalue weighted by atomic mass is 9.83. The van der Waals surface area contributed by atoms with Crippen molar-refractivity contribution < 1.29 is 14.7 Å². The second-order valence-electron chi connectivity index (χ2n) is 10.6. The Hall–Kier alpha value is -2.59. The highest BCUT2D eigenvalue weighted by molar-refractivity contribution is 6.30. The van der Waals surface area contributed by atoms with Crippen molar-refractivity contribution in [3.8, 4) is 0 Å². The molecular formula is C27H32ClNO3. The summed E-state index contributed by atoms with van der Waals surface area (Å²) in [4.78, 5) is 25.6. The molecule has 0 unspecified atom stereocenters. The van der Waals surface area contributed by atoms with Gasteiger partial charge >= 0.3 is 5.97 Å². The number of halogens is 1. The van der Waals surface area contributed by atoms with Crippen molar-refractivity contribution in [1.82, 2.24) is 4.57 Å². The van der Waals surface area contributed by atoms with Gasteiger partial charge in [0.15, 0.2) is 5.78 Å². The first kappa shape index (κ1) is 24.1. The summed E-state index contributed by atoms with van der Waals surface area (Å²) in [6.07, 6.45) is 0.649. The molecular weight excluding hydrogens is 422 g/mol. The van der Waals surface area contributed by atoms with Crippen LogP contribution in [0, 0.1) is 17.8 Å². The standard InChI is InChI=1S/C27H32ClNO3/c1-17-7-12-21-20(13-17)24(23(30)15-26(2,3)4)22(14-27(5,6)25(31)32)29(21)16-18-8-10-19(28)11-9-18/h7-13H,14-16H2,1-6H3,(H,31,32). The van der Waals surface area contributed by atoms with Gasteiger partial charge in [0.05, 0.1) is 5.41 Å². The van der Waals surface area contributed by atoms with Crippen LogP contribution in [-0.2, 0) is 17.8 Å². The molecule has 32 heavy (non-hydrogen) atoms. The fraction of sp³-hybridized carbons (Fsp3) is 0.407.